The van der Waals surface area contributed by atoms with Crippen molar-refractivity contribution in [2.24, 2.45) is 4.99 Å². The molecule has 0 spiro atoms. The average molecular weight is 1110 g/mol. The van der Waals surface area contributed by atoms with Crippen LogP contribution in [0.1, 0.15) is 95.7 Å². The van der Waals surface area contributed by atoms with Crippen molar-refractivity contribution in [1.29, 1.82) is 0 Å². The van der Waals surface area contributed by atoms with Gasteiger partial charge in [0.15, 0.2) is 0 Å². The van der Waals surface area contributed by atoms with Crippen LogP contribution in [0.2, 0.25) is 0 Å². The smallest absolute Gasteiger partial charge is 0.251 e. The minimum Gasteiger partial charge on any atom is -0.397 e. The van der Waals surface area contributed by atoms with Crippen LogP contribution in [0, 0.1) is 20.8 Å². The first kappa shape index (κ1) is 58.2. The molecule has 0 saturated heterocycles. The van der Waals surface area contributed by atoms with Crippen molar-refractivity contribution in [3.05, 3.63) is 197 Å². The van der Waals surface area contributed by atoms with Gasteiger partial charge in [0, 0.05) is 92.4 Å². The first-order valence-electron chi connectivity index (χ1n) is 29.0. The Morgan fingerprint density at radius 1 is 0.530 bits per heavy atom. The number of aliphatic imine (C=N–C) groups is 1. The van der Waals surface area contributed by atoms with Crippen LogP contribution in [0.3, 0.4) is 0 Å². The Labute approximate surface area is 488 Å². The summed E-state index contributed by atoms with van der Waals surface area (Å²) in [4.78, 5) is 36.2. The van der Waals surface area contributed by atoms with E-state index in [1.807, 2.05) is 105 Å². The van der Waals surface area contributed by atoms with Crippen molar-refractivity contribution in [2.45, 2.75) is 79.1 Å². The molecule has 1 aromatic heterocycles. The molecule has 14 heteroatoms. The van der Waals surface area contributed by atoms with Gasteiger partial charge < -0.3 is 48.7 Å². The SMILES string of the molecule is C=C1C=C(NCCCCCCNC(=O)c2ccc(-c3ccc(C(=O)NCCCCCCNc4cc5c(cc4C)nc4cc(C)c(NC)cc4[n+]5-c4ccccc4N)cc3)cc2)C(C)=C/C1=N/c1cc(C)c(NC)cc1Nc1ccccc1N. The Morgan fingerprint density at radius 2 is 1.04 bits per heavy atom. The number of nitrogens with zero attached hydrogens (tertiary/aromatic N) is 3. The molecule has 1 aliphatic carbocycles. The number of carbonyl (C=O) groups is 2. The predicted molar refractivity (Wildman–Crippen MR) is 347 cm³/mol. The molecule has 8 aromatic rings. The topological polar surface area (TPSA) is 200 Å². The van der Waals surface area contributed by atoms with Crippen molar-refractivity contribution in [3.8, 4) is 16.8 Å². The van der Waals surface area contributed by atoms with E-state index in [1.165, 1.54) is 0 Å². The van der Waals surface area contributed by atoms with Crippen LogP contribution in [0.5, 0.6) is 0 Å². The Balaban J connectivity index is 0.654. The van der Waals surface area contributed by atoms with E-state index in [2.05, 4.69) is 131 Å². The summed E-state index contributed by atoms with van der Waals surface area (Å²) < 4.78 is 2.22. The molecule has 1 aliphatic rings. The first-order chi connectivity index (χ1) is 40.3. The number of rotatable bonds is 25. The van der Waals surface area contributed by atoms with Crippen LogP contribution in [-0.4, -0.2) is 62.8 Å². The lowest BCUT2D eigenvalue weighted by Crippen LogP contribution is -2.34. The van der Waals surface area contributed by atoms with Crippen LogP contribution in [-0.2, 0) is 0 Å². The molecule has 0 unspecified atom stereocenters. The van der Waals surface area contributed by atoms with Crippen LogP contribution in [0.25, 0.3) is 38.9 Å². The molecular formula is C69H79N12O2+. The molecule has 0 saturated carbocycles. The molecule has 83 heavy (non-hydrogen) atoms. The van der Waals surface area contributed by atoms with Crippen LogP contribution in [0.4, 0.5) is 45.5 Å². The van der Waals surface area contributed by atoms with Gasteiger partial charge in [0.1, 0.15) is 16.7 Å². The summed E-state index contributed by atoms with van der Waals surface area (Å²) in [5.41, 5.74) is 34.8. The summed E-state index contributed by atoms with van der Waals surface area (Å²) in [6, 6.07) is 43.7. The Kier molecular flexibility index (Phi) is 19.2. The Hall–Kier alpha value is -9.43. The van der Waals surface area contributed by atoms with Crippen LogP contribution < -0.4 is 53.3 Å². The second-order valence-electron chi connectivity index (χ2n) is 21.5. The molecule has 9 rings (SSSR count). The molecular weight excluding hydrogens is 1030 g/mol. The van der Waals surface area contributed by atoms with Crippen molar-refractivity contribution in [3.63, 3.8) is 0 Å². The van der Waals surface area contributed by atoms with Gasteiger partial charge in [-0.15, -0.1) is 4.57 Å². The molecule has 1 heterocycles. The fourth-order valence-electron chi connectivity index (χ4n) is 10.5. The number of carbonyl (C=O) groups excluding carboxylic acids is 2. The minimum atomic E-state index is -0.0828. The van der Waals surface area contributed by atoms with Crippen molar-refractivity contribution < 1.29 is 14.2 Å². The van der Waals surface area contributed by atoms with E-state index >= 15 is 0 Å². The zero-order valence-corrected chi connectivity index (χ0v) is 48.9. The van der Waals surface area contributed by atoms with Gasteiger partial charge in [-0.05, 0) is 171 Å². The number of nitrogens with two attached hydrogens (primary N) is 2. The average Bonchev–Trinajstić information content (AvgIpc) is 3.53. The molecule has 11 N–H and O–H groups in total. The molecule has 0 aliphatic heterocycles. The maximum Gasteiger partial charge on any atom is 0.251 e. The molecule has 0 fully saturated rings. The fraction of sp³-hybridized carbons (Fsp3) is 0.261. The lowest BCUT2D eigenvalue weighted by molar-refractivity contribution is -0.537. The highest BCUT2D eigenvalue weighted by Crippen LogP contribution is 2.37. The van der Waals surface area contributed by atoms with E-state index in [0.717, 1.165) is 177 Å². The second-order valence-corrected chi connectivity index (χ2v) is 21.5. The number of aryl methyl sites for hydroxylation is 3. The van der Waals surface area contributed by atoms with Gasteiger partial charge in [-0.3, -0.25) is 9.59 Å². The fourth-order valence-corrected chi connectivity index (χ4v) is 10.5. The number of nitrogen functional groups attached to an aromatic ring is 2. The maximum absolute atomic E-state index is 13.1. The van der Waals surface area contributed by atoms with Crippen molar-refractivity contribution >= 4 is 85.1 Å². The number of aromatic nitrogens is 2. The number of anilines is 7. The lowest BCUT2D eigenvalue weighted by Gasteiger charge is -2.19. The number of fused-ring (bicyclic) bond motifs is 2. The van der Waals surface area contributed by atoms with Crippen LogP contribution >= 0.6 is 0 Å². The van der Waals surface area contributed by atoms with Gasteiger partial charge in [0.25, 0.3) is 11.8 Å². The summed E-state index contributed by atoms with van der Waals surface area (Å²) in [6.07, 6.45) is 12.1. The molecule has 0 bridgehead atoms. The zero-order valence-electron chi connectivity index (χ0n) is 48.9. The highest BCUT2D eigenvalue weighted by atomic mass is 16.2. The molecule has 7 aromatic carbocycles. The standard InChI is InChI=1S/C69H78N12O2/c1-44-38-61(62(41-56(44)72-6)78-55-22-14-12-20-53(55)70)79-60-37-46(3)58(36-48(60)5)74-32-16-8-10-18-34-76-68(82)51-28-24-49(25-29-51)50-26-30-52(31-27-50)69(83)77-35-19-11-9-17-33-75-59-43-67-64(40-47(59)4)80-63-39-45(2)57(73-7)42-66(63)81(67)65-23-15-13-21-54(65)71/h12-15,20-31,36-43,72,74H,5,8-11,16-19,32-35,71H2,1-4,6-7H3,(H6,70,73,75,76,77,78,80,82,83)/p+1/b79-60-. The van der Waals surface area contributed by atoms with Crippen molar-refractivity contribution in [2.75, 3.05) is 73.0 Å². The number of para-hydroxylation sites is 4. The molecule has 0 atom stereocenters. The Morgan fingerprint density at radius 3 is 1.61 bits per heavy atom. The summed E-state index contributed by atoms with van der Waals surface area (Å²) in [7, 11) is 3.85. The van der Waals surface area contributed by atoms with Gasteiger partial charge in [0.2, 0.25) is 16.7 Å². The summed E-state index contributed by atoms with van der Waals surface area (Å²) in [6.45, 7) is 15.6. The molecule has 2 amide bonds. The largest absolute Gasteiger partial charge is 0.397 e. The number of benzene rings is 7. The number of allylic oxidation sites excluding steroid dienone is 4. The third-order valence-electron chi connectivity index (χ3n) is 15.4. The predicted octanol–water partition coefficient (Wildman–Crippen LogP) is 13.7. The molecule has 0 radical (unpaired) electrons. The highest BCUT2D eigenvalue weighted by molar-refractivity contribution is 6.13. The number of unbranched alkanes of at least 4 members (excludes halogenated alkanes) is 6. The minimum absolute atomic E-state index is 0.0818. The van der Waals surface area contributed by atoms with E-state index in [4.69, 9.17) is 21.4 Å². The normalized spacial score (nSPS) is 12.7. The van der Waals surface area contributed by atoms with Crippen LogP contribution in [0.15, 0.2) is 174 Å². The Bertz CT molecular complexity index is 3770. The maximum atomic E-state index is 13.1. The molecule has 14 nitrogen and oxygen atoms in total. The van der Waals surface area contributed by atoms with E-state index in [1.54, 1.807) is 0 Å². The van der Waals surface area contributed by atoms with Gasteiger partial charge in [-0.25, -0.2) is 9.98 Å². The summed E-state index contributed by atoms with van der Waals surface area (Å²) in [5.74, 6) is -0.165. The van der Waals surface area contributed by atoms with E-state index < -0.39 is 0 Å². The first-order valence-corrected chi connectivity index (χ1v) is 29.0. The number of amides is 2. The van der Waals surface area contributed by atoms with E-state index in [-0.39, 0.29) is 11.8 Å². The number of nitrogens with one attached hydrogen (secondary N) is 7. The molecule has 426 valence electrons. The summed E-state index contributed by atoms with van der Waals surface area (Å²) in [5, 5.41) is 23.5. The third-order valence-corrected chi connectivity index (χ3v) is 15.4. The van der Waals surface area contributed by atoms with Gasteiger partial charge in [0.05, 0.1) is 28.5 Å². The van der Waals surface area contributed by atoms with Crippen molar-refractivity contribution in [1.82, 2.24) is 20.9 Å². The third kappa shape index (κ3) is 14.4. The highest BCUT2D eigenvalue weighted by Gasteiger charge is 2.24. The second kappa shape index (κ2) is 27.4. The van der Waals surface area contributed by atoms with Gasteiger partial charge in [-0.1, -0.05) is 80.8 Å². The van der Waals surface area contributed by atoms with Gasteiger partial charge >= 0.3 is 0 Å². The number of hydrogen-bond acceptors (Lipinski definition) is 11. The summed E-state index contributed by atoms with van der Waals surface area (Å²) >= 11 is 0. The quantitative estimate of drug-likeness (QED) is 0.0115. The number of hydrogen-bond donors (Lipinski definition) is 9. The zero-order chi connectivity index (χ0) is 58.4. The van der Waals surface area contributed by atoms with E-state index in [9.17, 15) is 9.59 Å². The van der Waals surface area contributed by atoms with Gasteiger partial charge in [-0.2, -0.15) is 0 Å². The monoisotopic (exact) mass is 1110 g/mol. The van der Waals surface area contributed by atoms with E-state index in [0.29, 0.717) is 35.6 Å². The lowest BCUT2D eigenvalue weighted by atomic mass is 9.98.